The number of fused-ring (bicyclic) bond motifs is 7. The Morgan fingerprint density at radius 3 is 2.66 bits per heavy atom. The van der Waals surface area contributed by atoms with Gasteiger partial charge in [0.15, 0.2) is 5.60 Å². The number of aromatic nitrogens is 1. The summed E-state index contributed by atoms with van der Waals surface area (Å²) < 4.78 is 12.8. The van der Waals surface area contributed by atoms with Crippen molar-refractivity contribution in [1.82, 2.24) is 4.98 Å². The molecule has 2 saturated heterocycles. The van der Waals surface area contributed by atoms with Crippen molar-refractivity contribution in [3.8, 4) is 0 Å². The normalized spacial score (nSPS) is 45.0. The molecule has 0 bridgehead atoms. The predicted octanol–water partition coefficient (Wildman–Crippen LogP) is 4.47. The lowest BCUT2D eigenvalue weighted by molar-refractivity contribution is -0.280. The summed E-state index contributed by atoms with van der Waals surface area (Å²) in [6, 6.07) is 6.83. The molecule has 0 unspecified atom stereocenters. The molecule has 2 saturated carbocycles. The van der Waals surface area contributed by atoms with Crippen LogP contribution in [0.25, 0.3) is 10.9 Å². The SMILES string of the molecule is CC(C)=CCc1ccc2c3c([nH]c2c1)[C@@]1(C)[C@@H](CC[C@@]2(O)[C@@]45O[C@@H]4[C@H](O)[C@@H](C(C)(C)O)O[C@H]5CC[C@@]21C)C3. The Kier molecular flexibility index (Phi) is 5.00. The first-order chi connectivity index (χ1) is 17.8. The minimum Gasteiger partial charge on any atom is -0.388 e. The number of H-pyrrole nitrogens is 1. The van der Waals surface area contributed by atoms with Crippen LogP contribution in [0.4, 0.5) is 0 Å². The summed E-state index contributed by atoms with van der Waals surface area (Å²) in [6.45, 7) is 12.2. The van der Waals surface area contributed by atoms with E-state index in [4.69, 9.17) is 9.47 Å². The number of epoxide rings is 1. The smallest absolute Gasteiger partial charge is 0.152 e. The number of aromatic amines is 1. The van der Waals surface area contributed by atoms with Crippen LogP contribution >= 0.6 is 0 Å². The van der Waals surface area contributed by atoms with Gasteiger partial charge in [-0.3, -0.25) is 0 Å². The molecular formula is C32H43NO5. The third-order valence-electron chi connectivity index (χ3n) is 11.8. The van der Waals surface area contributed by atoms with Gasteiger partial charge in [0.05, 0.1) is 11.7 Å². The van der Waals surface area contributed by atoms with Crippen LogP contribution in [0.1, 0.15) is 84.0 Å². The highest BCUT2D eigenvalue weighted by molar-refractivity contribution is 5.87. The number of hydrogen-bond donors (Lipinski definition) is 4. The zero-order valence-electron chi connectivity index (χ0n) is 23.6. The van der Waals surface area contributed by atoms with Crippen LogP contribution in [0, 0.1) is 11.3 Å². The number of benzene rings is 1. The number of nitrogens with one attached hydrogen (secondary N) is 1. The number of hydrogen-bond acceptors (Lipinski definition) is 5. The summed E-state index contributed by atoms with van der Waals surface area (Å²) in [7, 11) is 0. The molecular weight excluding hydrogens is 478 g/mol. The lowest BCUT2D eigenvalue weighted by Gasteiger charge is -2.66. The number of aliphatic hydroxyl groups excluding tert-OH is 1. The fraction of sp³-hybridized carbons (Fsp3) is 0.688. The number of ether oxygens (including phenoxy) is 2. The molecule has 2 aromatic rings. The highest BCUT2D eigenvalue weighted by atomic mass is 16.7. The summed E-state index contributed by atoms with van der Waals surface area (Å²) >= 11 is 0. The summed E-state index contributed by atoms with van der Waals surface area (Å²) in [5, 5.41) is 36.1. The maximum absolute atomic E-state index is 12.8. The van der Waals surface area contributed by atoms with Crippen molar-refractivity contribution in [3.63, 3.8) is 0 Å². The molecule has 5 aliphatic rings. The van der Waals surface area contributed by atoms with Gasteiger partial charge in [-0.25, -0.2) is 0 Å². The molecule has 38 heavy (non-hydrogen) atoms. The minimum absolute atomic E-state index is 0.261. The molecule has 4 N–H and O–H groups in total. The van der Waals surface area contributed by atoms with E-state index in [2.05, 4.69) is 57.0 Å². The van der Waals surface area contributed by atoms with Crippen molar-refractivity contribution in [1.29, 1.82) is 0 Å². The molecule has 0 radical (unpaired) electrons. The first kappa shape index (κ1) is 25.3. The Hall–Kier alpha value is -1.70. The average Bonchev–Trinajstić information content (AvgIpc) is 3.43. The van der Waals surface area contributed by atoms with Gasteiger partial charge in [-0.2, -0.15) is 0 Å². The van der Waals surface area contributed by atoms with Crippen LogP contribution in [0.15, 0.2) is 29.8 Å². The molecule has 2 aliphatic heterocycles. The highest BCUT2D eigenvalue weighted by Crippen LogP contribution is 2.74. The van der Waals surface area contributed by atoms with E-state index >= 15 is 0 Å². The molecule has 7 rings (SSSR count). The average molecular weight is 522 g/mol. The summed E-state index contributed by atoms with van der Waals surface area (Å²) in [4.78, 5) is 3.87. The maximum Gasteiger partial charge on any atom is 0.152 e. The fourth-order valence-corrected chi connectivity index (χ4v) is 9.52. The van der Waals surface area contributed by atoms with Crippen molar-refractivity contribution in [3.05, 3.63) is 46.7 Å². The first-order valence-electron chi connectivity index (χ1n) is 14.5. The molecule has 9 atom stereocenters. The van der Waals surface area contributed by atoms with E-state index in [-0.39, 0.29) is 11.5 Å². The lowest BCUT2D eigenvalue weighted by atomic mass is 9.40. The maximum atomic E-state index is 12.8. The number of aliphatic hydroxyl groups is 3. The Balaban J connectivity index is 1.31. The Bertz CT molecular complexity index is 1350. The quantitative estimate of drug-likeness (QED) is 0.353. The molecule has 0 amide bonds. The largest absolute Gasteiger partial charge is 0.388 e. The van der Waals surface area contributed by atoms with Gasteiger partial charge >= 0.3 is 0 Å². The Labute approximate surface area is 225 Å². The van der Waals surface area contributed by atoms with E-state index in [1.165, 1.54) is 33.3 Å². The van der Waals surface area contributed by atoms with Crippen LogP contribution < -0.4 is 0 Å². The van der Waals surface area contributed by atoms with Gasteiger partial charge < -0.3 is 29.8 Å². The first-order valence-corrected chi connectivity index (χ1v) is 14.5. The van der Waals surface area contributed by atoms with Crippen LogP contribution in [0.3, 0.4) is 0 Å². The van der Waals surface area contributed by atoms with Crippen LogP contribution in [-0.4, -0.2) is 61.5 Å². The van der Waals surface area contributed by atoms with Gasteiger partial charge in [-0.15, -0.1) is 0 Å². The van der Waals surface area contributed by atoms with E-state index in [0.29, 0.717) is 12.3 Å². The van der Waals surface area contributed by atoms with Crippen molar-refractivity contribution in [2.75, 3.05) is 0 Å². The Morgan fingerprint density at radius 2 is 1.95 bits per heavy atom. The van der Waals surface area contributed by atoms with E-state index in [0.717, 1.165) is 32.1 Å². The number of rotatable bonds is 3. The molecule has 1 spiro atoms. The number of allylic oxidation sites excluding steroid dienone is 2. The second kappa shape index (κ2) is 7.52. The topological polar surface area (TPSA) is 98.2 Å². The summed E-state index contributed by atoms with van der Waals surface area (Å²) in [5.74, 6) is 0.437. The predicted molar refractivity (Wildman–Crippen MR) is 146 cm³/mol. The highest BCUT2D eigenvalue weighted by Gasteiger charge is 2.86. The van der Waals surface area contributed by atoms with Crippen molar-refractivity contribution in [2.45, 2.75) is 127 Å². The Morgan fingerprint density at radius 1 is 1.18 bits per heavy atom. The second-order valence-electron chi connectivity index (χ2n) is 14.2. The minimum atomic E-state index is -1.19. The summed E-state index contributed by atoms with van der Waals surface area (Å²) in [6.07, 6.45) is 4.71. The monoisotopic (exact) mass is 521 g/mol. The standard InChI is InChI=1S/C32H43NO5/c1-17(2)7-8-18-9-10-20-21-16-19-11-14-31(36)29(5,30(19,6)25(21)33-22(20)15-18)13-12-23-32(31)27(38-32)24(34)26(37-23)28(3,4)35/h7,9-10,15,19,23-24,26-27,33-36H,8,11-14,16H2,1-6H3/t19-,23-,24+,26-,27+,29+,30+,31-,32-/m0/s1. The molecule has 1 aromatic heterocycles. The molecule has 1 aromatic carbocycles. The van der Waals surface area contributed by atoms with Crippen LogP contribution in [0.5, 0.6) is 0 Å². The van der Waals surface area contributed by atoms with E-state index in [1.54, 1.807) is 13.8 Å². The zero-order chi connectivity index (χ0) is 27.0. The molecule has 3 heterocycles. The zero-order valence-corrected chi connectivity index (χ0v) is 23.6. The third kappa shape index (κ3) is 2.81. The van der Waals surface area contributed by atoms with Crippen LogP contribution in [-0.2, 0) is 27.7 Å². The van der Waals surface area contributed by atoms with Crippen LogP contribution in [0.2, 0.25) is 0 Å². The molecule has 206 valence electrons. The third-order valence-corrected chi connectivity index (χ3v) is 11.8. The summed E-state index contributed by atoms with van der Waals surface area (Å²) in [5.41, 5.74) is 2.50. The van der Waals surface area contributed by atoms with E-state index < -0.39 is 40.5 Å². The lowest BCUT2D eigenvalue weighted by Crippen LogP contribution is -2.76. The van der Waals surface area contributed by atoms with E-state index in [1.807, 2.05) is 0 Å². The van der Waals surface area contributed by atoms with Crippen molar-refractivity contribution < 1.29 is 24.8 Å². The van der Waals surface area contributed by atoms with Gasteiger partial charge in [0.2, 0.25) is 0 Å². The van der Waals surface area contributed by atoms with Crippen molar-refractivity contribution >= 4 is 10.9 Å². The van der Waals surface area contributed by atoms with Gasteiger partial charge in [0, 0.05) is 27.4 Å². The van der Waals surface area contributed by atoms with Gasteiger partial charge in [0.1, 0.15) is 23.9 Å². The fourth-order valence-electron chi connectivity index (χ4n) is 9.52. The second-order valence-corrected chi connectivity index (χ2v) is 14.2. The molecule has 4 fully saturated rings. The van der Waals surface area contributed by atoms with Gasteiger partial charge in [-0.05, 0) is 89.3 Å². The molecule has 3 aliphatic carbocycles. The van der Waals surface area contributed by atoms with Gasteiger partial charge in [0.25, 0.3) is 0 Å². The van der Waals surface area contributed by atoms with E-state index in [9.17, 15) is 15.3 Å². The molecule has 6 nitrogen and oxygen atoms in total. The van der Waals surface area contributed by atoms with Crippen molar-refractivity contribution in [2.24, 2.45) is 11.3 Å². The van der Waals surface area contributed by atoms with Gasteiger partial charge in [-0.1, -0.05) is 37.6 Å². The molecule has 6 heteroatoms.